The normalized spacial score (nSPS) is 16.8. The number of likely N-dealkylation sites (tertiary alicyclic amines) is 1. The molecule has 2 fully saturated rings. The summed E-state index contributed by atoms with van der Waals surface area (Å²) >= 11 is 0. The van der Waals surface area contributed by atoms with E-state index in [-0.39, 0.29) is 17.5 Å². The molecule has 0 bridgehead atoms. The van der Waals surface area contributed by atoms with E-state index in [0.717, 1.165) is 17.8 Å². The van der Waals surface area contributed by atoms with Gasteiger partial charge in [0.15, 0.2) is 0 Å². The van der Waals surface area contributed by atoms with Gasteiger partial charge in [0.05, 0.1) is 11.7 Å². The summed E-state index contributed by atoms with van der Waals surface area (Å²) in [6.07, 6.45) is 7.20. The van der Waals surface area contributed by atoms with Crippen LogP contribution in [0.4, 0.5) is 5.69 Å². The van der Waals surface area contributed by atoms with Gasteiger partial charge < -0.3 is 14.8 Å². The predicted octanol–water partition coefficient (Wildman–Crippen LogP) is 2.05. The Morgan fingerprint density at radius 3 is 2.85 bits per heavy atom. The Kier molecular flexibility index (Phi) is 4.32. The molecule has 1 amide bonds. The Bertz CT molecular complexity index is 867. The van der Waals surface area contributed by atoms with Crippen molar-refractivity contribution < 1.29 is 4.79 Å². The molecule has 0 spiro atoms. The molecule has 6 heteroatoms. The summed E-state index contributed by atoms with van der Waals surface area (Å²) in [5.74, 6) is 0.584. The summed E-state index contributed by atoms with van der Waals surface area (Å²) in [7, 11) is 0. The van der Waals surface area contributed by atoms with Crippen LogP contribution in [-0.4, -0.2) is 46.5 Å². The van der Waals surface area contributed by atoms with Crippen molar-refractivity contribution in [1.82, 2.24) is 14.9 Å². The fraction of sp³-hybridized carbons (Fsp3) is 0.350. The minimum absolute atomic E-state index is 0.0521. The Morgan fingerprint density at radius 2 is 2.19 bits per heavy atom. The van der Waals surface area contributed by atoms with Gasteiger partial charge in [0.25, 0.3) is 5.56 Å². The number of pyridine rings is 2. The Morgan fingerprint density at radius 1 is 1.38 bits per heavy atom. The first-order chi connectivity index (χ1) is 12.7. The van der Waals surface area contributed by atoms with Gasteiger partial charge in [0.1, 0.15) is 5.69 Å². The Labute approximate surface area is 152 Å². The molecule has 1 aliphatic heterocycles. The number of hydrogen-bond donors (Lipinski definition) is 1. The average Bonchev–Trinajstić information content (AvgIpc) is 3.45. The zero-order valence-corrected chi connectivity index (χ0v) is 14.6. The van der Waals surface area contributed by atoms with Crippen LogP contribution >= 0.6 is 0 Å². The van der Waals surface area contributed by atoms with E-state index in [2.05, 4.69) is 21.4 Å². The molecule has 1 saturated carbocycles. The van der Waals surface area contributed by atoms with Crippen LogP contribution in [0.3, 0.4) is 0 Å². The van der Waals surface area contributed by atoms with E-state index in [1.807, 2.05) is 24.3 Å². The summed E-state index contributed by atoms with van der Waals surface area (Å²) in [6.45, 7) is 5.66. The van der Waals surface area contributed by atoms with Gasteiger partial charge in [-0.3, -0.25) is 14.6 Å². The van der Waals surface area contributed by atoms with E-state index in [1.54, 1.807) is 17.3 Å². The number of H-pyrrole nitrogens is 1. The monoisotopic (exact) mass is 350 g/mol. The van der Waals surface area contributed by atoms with Gasteiger partial charge in [-0.1, -0.05) is 12.6 Å². The largest absolute Gasteiger partial charge is 0.360 e. The van der Waals surface area contributed by atoms with E-state index >= 15 is 0 Å². The molecule has 2 aromatic heterocycles. The van der Waals surface area contributed by atoms with Gasteiger partial charge in [-0.05, 0) is 43.0 Å². The summed E-state index contributed by atoms with van der Waals surface area (Å²) in [4.78, 5) is 35.5. The molecule has 1 N–H and O–H groups in total. The van der Waals surface area contributed by atoms with E-state index in [0.29, 0.717) is 24.7 Å². The molecule has 1 saturated heterocycles. The zero-order valence-electron chi connectivity index (χ0n) is 14.6. The molecule has 0 unspecified atom stereocenters. The van der Waals surface area contributed by atoms with Crippen molar-refractivity contribution in [2.45, 2.75) is 18.9 Å². The topological polar surface area (TPSA) is 69.3 Å². The fourth-order valence-electron chi connectivity index (χ4n) is 3.35. The highest BCUT2D eigenvalue weighted by molar-refractivity contribution is 5.87. The predicted molar refractivity (Wildman–Crippen MR) is 101 cm³/mol. The maximum Gasteiger partial charge on any atom is 0.271 e. The van der Waals surface area contributed by atoms with Crippen molar-refractivity contribution in [1.29, 1.82) is 0 Å². The summed E-state index contributed by atoms with van der Waals surface area (Å²) in [5, 5.41) is 0. The van der Waals surface area contributed by atoms with Crippen molar-refractivity contribution in [2.75, 3.05) is 24.5 Å². The third-order valence-electron chi connectivity index (χ3n) is 5.09. The summed E-state index contributed by atoms with van der Waals surface area (Å²) in [6, 6.07) is 7.81. The average molecular weight is 350 g/mol. The van der Waals surface area contributed by atoms with Crippen LogP contribution in [-0.2, 0) is 4.79 Å². The molecule has 1 aliphatic carbocycles. The van der Waals surface area contributed by atoms with Crippen LogP contribution in [0.15, 0.2) is 54.1 Å². The molecule has 2 aromatic rings. The molecule has 4 rings (SSSR count). The van der Waals surface area contributed by atoms with Gasteiger partial charge in [0, 0.05) is 37.6 Å². The molecular weight excluding hydrogens is 328 g/mol. The molecule has 0 atom stereocenters. The number of hydrogen-bond acceptors (Lipinski definition) is 4. The van der Waals surface area contributed by atoms with Crippen molar-refractivity contribution in [3.05, 3.63) is 59.7 Å². The Hall–Kier alpha value is -2.89. The van der Waals surface area contributed by atoms with Crippen LogP contribution in [0.2, 0.25) is 0 Å². The number of anilines is 1. The molecule has 26 heavy (non-hydrogen) atoms. The van der Waals surface area contributed by atoms with Gasteiger partial charge in [-0.25, -0.2) is 0 Å². The highest BCUT2D eigenvalue weighted by atomic mass is 16.2. The van der Waals surface area contributed by atoms with Crippen molar-refractivity contribution in [3.8, 4) is 11.3 Å². The number of aromatic nitrogens is 2. The number of amides is 1. The van der Waals surface area contributed by atoms with E-state index < -0.39 is 0 Å². The van der Waals surface area contributed by atoms with Gasteiger partial charge in [-0.15, -0.1) is 0 Å². The smallest absolute Gasteiger partial charge is 0.271 e. The van der Waals surface area contributed by atoms with Crippen LogP contribution in [0.1, 0.15) is 12.8 Å². The molecule has 0 aromatic carbocycles. The van der Waals surface area contributed by atoms with E-state index in [1.165, 1.54) is 18.9 Å². The SMILES string of the molecule is C=CC(=O)N1CC(N(CC2CC2)c2cc(-c3ccccn3)c[nH]c2=O)C1. The lowest BCUT2D eigenvalue weighted by atomic mass is 10.0. The number of carbonyl (C=O) groups is 1. The molecule has 0 radical (unpaired) electrons. The van der Waals surface area contributed by atoms with Crippen molar-refractivity contribution in [3.63, 3.8) is 0 Å². The number of nitrogens with one attached hydrogen (secondary N) is 1. The van der Waals surface area contributed by atoms with Gasteiger partial charge in [-0.2, -0.15) is 0 Å². The quantitative estimate of drug-likeness (QED) is 0.810. The first-order valence-electron chi connectivity index (χ1n) is 8.98. The minimum atomic E-state index is -0.0983. The van der Waals surface area contributed by atoms with Crippen LogP contribution in [0.25, 0.3) is 11.3 Å². The molecule has 6 nitrogen and oxygen atoms in total. The molecular formula is C20H22N4O2. The lowest BCUT2D eigenvalue weighted by Gasteiger charge is -2.46. The number of aromatic amines is 1. The third-order valence-corrected chi connectivity index (χ3v) is 5.09. The Balaban J connectivity index is 1.62. The van der Waals surface area contributed by atoms with Crippen molar-refractivity contribution >= 4 is 11.6 Å². The highest BCUT2D eigenvalue weighted by Gasteiger charge is 2.37. The summed E-state index contributed by atoms with van der Waals surface area (Å²) in [5.41, 5.74) is 2.28. The van der Waals surface area contributed by atoms with E-state index in [4.69, 9.17) is 0 Å². The van der Waals surface area contributed by atoms with Crippen LogP contribution in [0, 0.1) is 5.92 Å². The van der Waals surface area contributed by atoms with Gasteiger partial charge >= 0.3 is 0 Å². The third kappa shape index (κ3) is 3.27. The standard InChI is InChI=1S/C20H22N4O2/c1-2-19(25)23-12-16(13-23)24(11-14-6-7-14)18-9-15(10-22-20(18)26)17-5-3-4-8-21-17/h2-5,8-10,14,16H,1,6-7,11-13H2,(H,22,26). The minimum Gasteiger partial charge on any atom is -0.360 e. The second-order valence-electron chi connectivity index (χ2n) is 7.01. The van der Waals surface area contributed by atoms with Crippen LogP contribution < -0.4 is 10.5 Å². The number of rotatable bonds is 6. The second kappa shape index (κ2) is 6.78. The molecule has 2 aliphatic rings. The van der Waals surface area contributed by atoms with E-state index in [9.17, 15) is 9.59 Å². The lowest BCUT2D eigenvalue weighted by molar-refractivity contribution is -0.130. The second-order valence-corrected chi connectivity index (χ2v) is 7.01. The van der Waals surface area contributed by atoms with Crippen molar-refractivity contribution in [2.24, 2.45) is 5.92 Å². The zero-order chi connectivity index (χ0) is 18.1. The fourth-order valence-corrected chi connectivity index (χ4v) is 3.35. The maximum atomic E-state index is 12.5. The lowest BCUT2D eigenvalue weighted by Crippen LogP contribution is -2.62. The summed E-state index contributed by atoms with van der Waals surface area (Å²) < 4.78 is 0. The first-order valence-corrected chi connectivity index (χ1v) is 8.98. The first kappa shape index (κ1) is 16.6. The maximum absolute atomic E-state index is 12.5. The van der Waals surface area contributed by atoms with Crippen LogP contribution in [0.5, 0.6) is 0 Å². The molecule has 134 valence electrons. The number of carbonyl (C=O) groups excluding carboxylic acids is 1. The van der Waals surface area contributed by atoms with Gasteiger partial charge in [0.2, 0.25) is 5.91 Å². The molecule has 3 heterocycles. The highest BCUT2D eigenvalue weighted by Crippen LogP contribution is 2.33. The number of nitrogens with zero attached hydrogens (tertiary/aromatic N) is 3.